The Morgan fingerprint density at radius 1 is 1.21 bits per heavy atom. The number of nitrogens with zero attached hydrogens (tertiary/aromatic N) is 1. The number of aromatic amines is 1. The average Bonchev–Trinajstić information content (AvgIpc) is 2.86. The molecule has 0 amide bonds. The van der Waals surface area contributed by atoms with Crippen LogP contribution < -0.4 is 5.11 Å². The van der Waals surface area contributed by atoms with Gasteiger partial charge in [-0.2, -0.15) is 5.26 Å². The molecule has 0 spiro atoms. The van der Waals surface area contributed by atoms with Crippen LogP contribution in [0.25, 0.3) is 11.1 Å². The van der Waals surface area contributed by atoms with Gasteiger partial charge in [-0.25, -0.2) is 0 Å². The van der Waals surface area contributed by atoms with E-state index in [0.717, 1.165) is 36.1 Å². The van der Waals surface area contributed by atoms with Crippen molar-refractivity contribution >= 4 is 12.2 Å². The number of aromatic nitrogens is 1. The SMILES string of the molecule is N#Cc1c(-c2ccc([O-])cc2)c2c([nH]c1=S)CCC2. The fraction of sp³-hybridized carbons (Fsp3) is 0.200. The second kappa shape index (κ2) is 4.52. The molecule has 2 aromatic rings. The van der Waals surface area contributed by atoms with Crippen molar-refractivity contribution in [2.75, 3.05) is 0 Å². The highest BCUT2D eigenvalue weighted by atomic mass is 32.1. The first kappa shape index (κ1) is 11.9. The number of nitrogens with one attached hydrogen (secondary N) is 1. The topological polar surface area (TPSA) is 62.6 Å². The predicted octanol–water partition coefficient (Wildman–Crippen LogP) is 2.85. The molecule has 94 valence electrons. The minimum absolute atomic E-state index is 0.0278. The number of rotatable bonds is 1. The van der Waals surface area contributed by atoms with Gasteiger partial charge in [0.25, 0.3) is 0 Å². The summed E-state index contributed by atoms with van der Waals surface area (Å²) in [6.07, 6.45) is 2.99. The molecule has 0 unspecified atom stereocenters. The highest BCUT2D eigenvalue weighted by Crippen LogP contribution is 2.34. The molecule has 1 aromatic carbocycles. The quantitative estimate of drug-likeness (QED) is 0.808. The van der Waals surface area contributed by atoms with E-state index in [0.29, 0.717) is 10.2 Å². The Balaban J connectivity index is 2.34. The molecule has 1 N–H and O–H groups in total. The Bertz CT molecular complexity index is 738. The summed E-state index contributed by atoms with van der Waals surface area (Å²) in [7, 11) is 0. The van der Waals surface area contributed by atoms with E-state index < -0.39 is 0 Å². The lowest BCUT2D eigenvalue weighted by atomic mass is 9.95. The van der Waals surface area contributed by atoms with Crippen LogP contribution in [0.5, 0.6) is 5.75 Å². The summed E-state index contributed by atoms with van der Waals surface area (Å²) < 4.78 is 0.490. The second-order valence-corrected chi connectivity index (χ2v) is 5.06. The first-order valence-electron chi connectivity index (χ1n) is 6.16. The number of benzene rings is 1. The van der Waals surface area contributed by atoms with Crippen LogP contribution in [0.4, 0.5) is 0 Å². The molecule has 3 nitrogen and oxygen atoms in total. The third kappa shape index (κ3) is 1.92. The summed E-state index contributed by atoms with van der Waals surface area (Å²) in [5, 5.41) is 20.6. The van der Waals surface area contributed by atoms with E-state index in [4.69, 9.17) is 12.2 Å². The van der Waals surface area contributed by atoms with Gasteiger partial charge < -0.3 is 10.1 Å². The Morgan fingerprint density at radius 2 is 1.95 bits per heavy atom. The average molecular weight is 267 g/mol. The van der Waals surface area contributed by atoms with Gasteiger partial charge in [0.2, 0.25) is 0 Å². The predicted molar refractivity (Wildman–Crippen MR) is 73.2 cm³/mol. The molecular weight excluding hydrogens is 256 g/mol. The zero-order chi connectivity index (χ0) is 13.4. The van der Waals surface area contributed by atoms with E-state index in [1.165, 1.54) is 17.7 Å². The van der Waals surface area contributed by atoms with Crippen LogP contribution >= 0.6 is 12.2 Å². The molecule has 3 rings (SSSR count). The maximum atomic E-state index is 11.2. The summed E-state index contributed by atoms with van der Waals surface area (Å²) in [6.45, 7) is 0. The minimum Gasteiger partial charge on any atom is -0.872 e. The molecule has 1 aliphatic carbocycles. The smallest absolute Gasteiger partial charge is 0.122 e. The third-order valence-corrected chi connectivity index (χ3v) is 3.82. The van der Waals surface area contributed by atoms with Gasteiger partial charge >= 0.3 is 0 Å². The lowest BCUT2D eigenvalue weighted by Gasteiger charge is -2.13. The van der Waals surface area contributed by atoms with Crippen LogP contribution in [0.15, 0.2) is 24.3 Å². The first-order valence-corrected chi connectivity index (χ1v) is 6.57. The normalized spacial score (nSPS) is 13.0. The van der Waals surface area contributed by atoms with Gasteiger partial charge in [0.15, 0.2) is 0 Å². The van der Waals surface area contributed by atoms with Crippen LogP contribution in [0.1, 0.15) is 23.2 Å². The number of fused-ring (bicyclic) bond motifs is 1. The summed E-state index contributed by atoms with van der Waals surface area (Å²) in [5.74, 6) is -0.0278. The molecule has 0 fully saturated rings. The maximum Gasteiger partial charge on any atom is 0.122 e. The van der Waals surface area contributed by atoms with Gasteiger partial charge in [0.05, 0.1) is 5.56 Å². The molecule has 0 aliphatic heterocycles. The van der Waals surface area contributed by atoms with E-state index in [1.807, 2.05) is 0 Å². The van der Waals surface area contributed by atoms with Crippen molar-refractivity contribution < 1.29 is 5.11 Å². The van der Waals surface area contributed by atoms with Crippen LogP contribution in [0.2, 0.25) is 0 Å². The van der Waals surface area contributed by atoms with Crippen molar-refractivity contribution in [2.24, 2.45) is 0 Å². The highest BCUT2D eigenvalue weighted by molar-refractivity contribution is 7.71. The number of nitriles is 1. The van der Waals surface area contributed by atoms with E-state index >= 15 is 0 Å². The van der Waals surface area contributed by atoms with Crippen LogP contribution in [-0.4, -0.2) is 4.98 Å². The lowest BCUT2D eigenvalue weighted by Crippen LogP contribution is -1.98. The summed E-state index contributed by atoms with van der Waals surface area (Å²) in [6, 6.07) is 8.78. The molecule has 0 saturated carbocycles. The summed E-state index contributed by atoms with van der Waals surface area (Å²) >= 11 is 5.27. The third-order valence-electron chi connectivity index (χ3n) is 3.52. The van der Waals surface area contributed by atoms with Gasteiger partial charge in [0, 0.05) is 11.3 Å². The molecule has 0 atom stereocenters. The Kier molecular flexibility index (Phi) is 2.84. The molecule has 1 aromatic heterocycles. The molecule has 0 saturated heterocycles. The van der Waals surface area contributed by atoms with Crippen LogP contribution in [-0.2, 0) is 12.8 Å². The molecule has 0 bridgehead atoms. The molecule has 4 heteroatoms. The standard InChI is InChI=1S/C15H12N2OS/c16-8-12-14(9-4-6-10(18)7-5-9)11-2-1-3-13(11)17-15(12)19/h4-7,18H,1-3H2,(H,17,19)/p-1. The molecular formula is C15H11N2OS-. The largest absolute Gasteiger partial charge is 0.872 e. The lowest BCUT2D eigenvalue weighted by molar-refractivity contribution is -0.268. The number of pyridine rings is 1. The summed E-state index contributed by atoms with van der Waals surface area (Å²) in [5.41, 5.74) is 4.61. The fourth-order valence-corrected chi connectivity index (χ4v) is 2.94. The van der Waals surface area contributed by atoms with Crippen molar-refractivity contribution in [1.29, 1.82) is 5.26 Å². The van der Waals surface area contributed by atoms with Gasteiger partial charge in [-0.05, 0) is 30.4 Å². The van der Waals surface area contributed by atoms with E-state index in [9.17, 15) is 10.4 Å². The van der Waals surface area contributed by atoms with E-state index in [-0.39, 0.29) is 5.75 Å². The second-order valence-electron chi connectivity index (χ2n) is 4.65. The zero-order valence-electron chi connectivity index (χ0n) is 10.2. The molecule has 1 heterocycles. The number of hydrogen-bond acceptors (Lipinski definition) is 3. The Labute approximate surface area is 116 Å². The molecule has 1 aliphatic rings. The van der Waals surface area contributed by atoms with Crippen molar-refractivity contribution in [3.8, 4) is 22.9 Å². The highest BCUT2D eigenvalue weighted by Gasteiger charge is 2.20. The zero-order valence-corrected chi connectivity index (χ0v) is 11.0. The van der Waals surface area contributed by atoms with Crippen LogP contribution in [0.3, 0.4) is 0 Å². The number of hydrogen-bond donors (Lipinski definition) is 1. The molecule has 19 heavy (non-hydrogen) atoms. The van der Waals surface area contributed by atoms with Crippen LogP contribution in [0, 0.1) is 16.0 Å². The van der Waals surface area contributed by atoms with Crippen molar-refractivity contribution in [1.82, 2.24) is 4.98 Å². The number of H-pyrrole nitrogens is 1. The molecule has 0 radical (unpaired) electrons. The Hall–Kier alpha value is -2.12. The van der Waals surface area contributed by atoms with Crippen molar-refractivity contribution in [3.05, 3.63) is 45.7 Å². The number of aryl methyl sites for hydroxylation is 1. The monoisotopic (exact) mass is 267 g/mol. The van der Waals surface area contributed by atoms with Crippen molar-refractivity contribution in [3.63, 3.8) is 0 Å². The van der Waals surface area contributed by atoms with Gasteiger partial charge in [-0.15, -0.1) is 5.75 Å². The van der Waals surface area contributed by atoms with E-state index in [1.54, 1.807) is 12.1 Å². The van der Waals surface area contributed by atoms with Gasteiger partial charge in [0.1, 0.15) is 10.7 Å². The first-order chi connectivity index (χ1) is 9.20. The van der Waals surface area contributed by atoms with Crippen molar-refractivity contribution in [2.45, 2.75) is 19.3 Å². The Morgan fingerprint density at radius 3 is 2.63 bits per heavy atom. The maximum absolute atomic E-state index is 11.2. The van der Waals surface area contributed by atoms with Gasteiger partial charge in [-0.1, -0.05) is 36.5 Å². The van der Waals surface area contributed by atoms with Gasteiger partial charge in [-0.3, -0.25) is 0 Å². The summed E-state index contributed by atoms with van der Waals surface area (Å²) in [4.78, 5) is 3.16. The fourth-order valence-electron chi connectivity index (χ4n) is 2.67. The minimum atomic E-state index is -0.0278. The van der Waals surface area contributed by atoms with E-state index in [2.05, 4.69) is 11.1 Å².